The van der Waals surface area contributed by atoms with Crippen LogP contribution in [0.15, 0.2) is 34.8 Å². The summed E-state index contributed by atoms with van der Waals surface area (Å²) in [5, 5.41) is 12.3. The number of aromatic nitrogens is 4. The fourth-order valence-corrected chi connectivity index (χ4v) is 4.26. The Morgan fingerprint density at radius 3 is 2.70 bits per heavy atom. The number of rotatable bonds is 9. The molecule has 144 valence electrons. The van der Waals surface area contributed by atoms with Crippen molar-refractivity contribution in [3.63, 3.8) is 0 Å². The quantitative estimate of drug-likeness (QED) is 0.421. The number of nitrogens with two attached hydrogens (primary N) is 1. The van der Waals surface area contributed by atoms with Crippen molar-refractivity contribution in [2.24, 2.45) is 0 Å². The summed E-state index contributed by atoms with van der Waals surface area (Å²) in [6.45, 7) is 6.78. The largest absolute Gasteiger partial charge is 0.486 e. The lowest BCUT2D eigenvalue weighted by atomic mass is 10.0. The van der Waals surface area contributed by atoms with Crippen molar-refractivity contribution in [2.75, 3.05) is 5.84 Å². The van der Waals surface area contributed by atoms with Gasteiger partial charge in [0.1, 0.15) is 12.4 Å². The van der Waals surface area contributed by atoms with E-state index in [1.165, 1.54) is 27.0 Å². The topological polar surface area (TPSA) is 78.9 Å². The lowest BCUT2D eigenvalue weighted by molar-refractivity contribution is 0.291. The second-order valence-corrected chi connectivity index (χ2v) is 8.44. The van der Waals surface area contributed by atoms with Gasteiger partial charge >= 0.3 is 0 Å². The Morgan fingerprint density at radius 1 is 1.22 bits per heavy atom. The van der Waals surface area contributed by atoms with Gasteiger partial charge in [0, 0.05) is 11.1 Å². The summed E-state index contributed by atoms with van der Waals surface area (Å²) in [5.41, 5.74) is 2.34. The zero-order chi connectivity index (χ0) is 19.2. The van der Waals surface area contributed by atoms with E-state index in [9.17, 15) is 0 Å². The van der Waals surface area contributed by atoms with Gasteiger partial charge in [-0.15, -0.1) is 21.5 Å². The summed E-state index contributed by atoms with van der Waals surface area (Å²) in [7, 11) is 0. The molecule has 3 rings (SSSR count). The normalized spacial score (nSPS) is 11.3. The molecule has 1 aromatic carbocycles. The van der Waals surface area contributed by atoms with Gasteiger partial charge in [0.25, 0.3) is 0 Å². The number of hydrogen-bond donors (Lipinski definition) is 1. The monoisotopic (exact) mass is 403 g/mol. The van der Waals surface area contributed by atoms with Crippen LogP contribution in [0.1, 0.15) is 55.2 Å². The Kier molecular flexibility index (Phi) is 6.73. The van der Waals surface area contributed by atoms with Gasteiger partial charge in [0.15, 0.2) is 5.82 Å². The van der Waals surface area contributed by atoms with Crippen LogP contribution in [-0.4, -0.2) is 19.9 Å². The van der Waals surface area contributed by atoms with Gasteiger partial charge in [0.2, 0.25) is 5.16 Å². The van der Waals surface area contributed by atoms with Crippen LogP contribution < -0.4 is 10.6 Å². The molecule has 2 aromatic heterocycles. The highest BCUT2D eigenvalue weighted by molar-refractivity contribution is 7.98. The van der Waals surface area contributed by atoms with Gasteiger partial charge < -0.3 is 10.6 Å². The third-order valence-electron chi connectivity index (χ3n) is 4.06. The van der Waals surface area contributed by atoms with Gasteiger partial charge in [-0.3, -0.25) is 0 Å². The molecule has 0 amide bonds. The minimum Gasteiger partial charge on any atom is -0.486 e. The summed E-state index contributed by atoms with van der Waals surface area (Å²) in [6.07, 6.45) is 2.14. The van der Waals surface area contributed by atoms with Gasteiger partial charge in [0.05, 0.1) is 10.7 Å². The minimum atomic E-state index is 0.280. The predicted octanol–water partition coefficient (Wildman–Crippen LogP) is 4.40. The lowest BCUT2D eigenvalue weighted by Crippen LogP contribution is -2.15. The van der Waals surface area contributed by atoms with Crippen LogP contribution in [0.25, 0.3) is 0 Å². The third kappa shape index (κ3) is 5.23. The zero-order valence-corrected chi connectivity index (χ0v) is 17.5. The van der Waals surface area contributed by atoms with Gasteiger partial charge in [-0.2, -0.15) is 0 Å². The second kappa shape index (κ2) is 9.23. The molecule has 0 saturated carbocycles. The molecule has 0 aliphatic heterocycles. The number of ether oxygens (including phenoxy) is 1. The molecular formula is C19H25N5OS2. The molecule has 0 spiro atoms. The van der Waals surface area contributed by atoms with Crippen molar-refractivity contribution < 1.29 is 4.74 Å². The van der Waals surface area contributed by atoms with Crippen LogP contribution in [0.2, 0.25) is 0 Å². The van der Waals surface area contributed by atoms with Crippen LogP contribution in [0.4, 0.5) is 0 Å². The molecule has 0 aliphatic rings. The van der Waals surface area contributed by atoms with Crippen LogP contribution in [0.5, 0.6) is 5.75 Å². The number of aryl methyl sites for hydroxylation is 1. The van der Waals surface area contributed by atoms with E-state index in [1.807, 2.05) is 12.1 Å². The van der Waals surface area contributed by atoms with Gasteiger partial charge in [-0.1, -0.05) is 44.7 Å². The van der Waals surface area contributed by atoms with E-state index in [1.54, 1.807) is 11.3 Å². The Morgan fingerprint density at radius 2 is 2.00 bits per heavy atom. The molecule has 0 fully saturated rings. The van der Waals surface area contributed by atoms with Crippen molar-refractivity contribution in [3.8, 4) is 5.75 Å². The SMILES string of the molecule is CCCc1nc(CSc2nnc(COc3ccc(C(C)C)cc3)n2N)cs1. The van der Waals surface area contributed by atoms with Crippen LogP contribution >= 0.6 is 23.1 Å². The van der Waals surface area contributed by atoms with Gasteiger partial charge in [-0.05, 0) is 36.5 Å². The molecule has 0 aliphatic carbocycles. The molecule has 3 aromatic rings. The van der Waals surface area contributed by atoms with E-state index < -0.39 is 0 Å². The molecule has 0 bridgehead atoms. The average molecular weight is 404 g/mol. The zero-order valence-electron chi connectivity index (χ0n) is 15.9. The van der Waals surface area contributed by atoms with Crippen molar-refractivity contribution in [1.29, 1.82) is 0 Å². The number of thiazole rings is 1. The van der Waals surface area contributed by atoms with Crippen molar-refractivity contribution in [2.45, 2.75) is 57.0 Å². The van der Waals surface area contributed by atoms with Gasteiger partial charge in [-0.25, -0.2) is 9.66 Å². The Labute approximate surface area is 168 Å². The molecule has 2 N–H and O–H groups in total. The van der Waals surface area contributed by atoms with E-state index in [0.717, 1.165) is 30.0 Å². The second-order valence-electron chi connectivity index (χ2n) is 6.55. The maximum atomic E-state index is 6.12. The molecule has 0 radical (unpaired) electrons. The first kappa shape index (κ1) is 19.7. The van der Waals surface area contributed by atoms with E-state index in [4.69, 9.17) is 10.6 Å². The number of benzene rings is 1. The summed E-state index contributed by atoms with van der Waals surface area (Å²) in [4.78, 5) is 4.62. The van der Waals surface area contributed by atoms with Crippen molar-refractivity contribution in [1.82, 2.24) is 19.9 Å². The highest BCUT2D eigenvalue weighted by Crippen LogP contribution is 2.23. The predicted molar refractivity (Wildman–Crippen MR) is 111 cm³/mol. The molecule has 8 heteroatoms. The van der Waals surface area contributed by atoms with E-state index >= 15 is 0 Å². The van der Waals surface area contributed by atoms with E-state index in [0.29, 0.717) is 16.9 Å². The summed E-state index contributed by atoms with van der Waals surface area (Å²) < 4.78 is 7.28. The Balaban J connectivity index is 1.54. The van der Waals surface area contributed by atoms with Crippen LogP contribution in [0, 0.1) is 0 Å². The Bertz CT molecular complexity index is 857. The highest BCUT2D eigenvalue weighted by Gasteiger charge is 2.12. The highest BCUT2D eigenvalue weighted by atomic mass is 32.2. The average Bonchev–Trinajstić information content (AvgIpc) is 3.25. The van der Waals surface area contributed by atoms with E-state index in [-0.39, 0.29) is 6.61 Å². The number of thioether (sulfide) groups is 1. The first-order valence-corrected chi connectivity index (χ1v) is 10.9. The first-order valence-electron chi connectivity index (χ1n) is 9.05. The molecule has 0 atom stereocenters. The first-order chi connectivity index (χ1) is 13.1. The minimum absolute atomic E-state index is 0.280. The lowest BCUT2D eigenvalue weighted by Gasteiger charge is -2.08. The summed E-state index contributed by atoms with van der Waals surface area (Å²) in [6, 6.07) is 8.10. The fourth-order valence-electron chi connectivity index (χ4n) is 2.48. The molecule has 2 heterocycles. The fraction of sp³-hybridized carbons (Fsp3) is 0.421. The number of nitrogens with zero attached hydrogens (tertiary/aromatic N) is 4. The maximum absolute atomic E-state index is 6.12. The summed E-state index contributed by atoms with van der Waals surface area (Å²) >= 11 is 3.24. The Hall–Kier alpha value is -2.06. The molecule has 0 saturated heterocycles. The maximum Gasteiger partial charge on any atom is 0.210 e. The number of nitrogen functional groups attached to an aromatic ring is 1. The molecule has 27 heavy (non-hydrogen) atoms. The standard InChI is InChI=1S/C19H25N5OS2/c1-4-5-18-21-15(11-26-18)12-27-19-23-22-17(24(19)20)10-25-16-8-6-14(7-9-16)13(2)3/h6-9,11,13H,4-5,10,12,20H2,1-3H3. The third-order valence-corrected chi connectivity index (χ3v) is 6.00. The summed E-state index contributed by atoms with van der Waals surface area (Å²) in [5.74, 6) is 8.74. The van der Waals surface area contributed by atoms with Crippen molar-refractivity contribution in [3.05, 3.63) is 51.7 Å². The molecular weight excluding hydrogens is 378 g/mol. The number of hydrogen-bond acceptors (Lipinski definition) is 7. The van der Waals surface area contributed by atoms with Crippen LogP contribution in [-0.2, 0) is 18.8 Å². The smallest absolute Gasteiger partial charge is 0.210 e. The van der Waals surface area contributed by atoms with Crippen molar-refractivity contribution >= 4 is 23.1 Å². The van der Waals surface area contributed by atoms with Crippen LogP contribution in [0.3, 0.4) is 0 Å². The molecule has 0 unspecified atom stereocenters. The van der Waals surface area contributed by atoms with E-state index in [2.05, 4.69) is 53.5 Å². The molecule has 6 nitrogen and oxygen atoms in total.